The lowest BCUT2D eigenvalue weighted by Crippen LogP contribution is -2.18. The maximum Gasteiger partial charge on any atom is 0.267 e. The van der Waals surface area contributed by atoms with Crippen LogP contribution in [0.5, 0.6) is 5.75 Å². The summed E-state index contributed by atoms with van der Waals surface area (Å²) in [6.07, 6.45) is 8.34. The van der Waals surface area contributed by atoms with Gasteiger partial charge in [0.2, 0.25) is 0 Å². The number of hydrogen-bond acceptors (Lipinski definition) is 7. The number of nitrogens with one attached hydrogen (secondary N) is 2. The molecular formula is C20H25N5O3. The van der Waals surface area contributed by atoms with Crippen molar-refractivity contribution in [1.82, 2.24) is 20.3 Å². The number of amides is 1. The van der Waals surface area contributed by atoms with Gasteiger partial charge in [-0.25, -0.2) is 10.5 Å². The maximum atomic E-state index is 10.9. The highest BCUT2D eigenvalue weighted by Crippen LogP contribution is 2.16. The van der Waals surface area contributed by atoms with Crippen LogP contribution in [0.2, 0.25) is 0 Å². The van der Waals surface area contributed by atoms with E-state index in [9.17, 15) is 4.79 Å². The van der Waals surface area contributed by atoms with Crippen molar-refractivity contribution in [3.63, 3.8) is 0 Å². The summed E-state index contributed by atoms with van der Waals surface area (Å²) in [4.78, 5) is 21.8. The van der Waals surface area contributed by atoms with Crippen LogP contribution >= 0.6 is 0 Å². The normalized spacial score (nSPS) is 14.3. The van der Waals surface area contributed by atoms with Crippen LogP contribution in [-0.4, -0.2) is 52.2 Å². The number of aromatic nitrogens is 2. The van der Waals surface area contributed by atoms with Crippen molar-refractivity contribution < 1.29 is 14.7 Å². The van der Waals surface area contributed by atoms with E-state index in [-0.39, 0.29) is 0 Å². The van der Waals surface area contributed by atoms with E-state index in [0.29, 0.717) is 24.7 Å². The molecule has 0 spiro atoms. The van der Waals surface area contributed by atoms with Gasteiger partial charge >= 0.3 is 0 Å². The summed E-state index contributed by atoms with van der Waals surface area (Å²) < 4.78 is 5.75. The molecule has 3 N–H and O–H groups in total. The molecule has 1 fully saturated rings. The lowest BCUT2D eigenvalue weighted by atomic mass is 10.2. The number of anilines is 1. The molecule has 1 aromatic heterocycles. The minimum Gasteiger partial charge on any atom is -0.492 e. The predicted molar refractivity (Wildman–Crippen MR) is 106 cm³/mol. The Kier molecular flexibility index (Phi) is 7.34. The van der Waals surface area contributed by atoms with Crippen molar-refractivity contribution in [2.24, 2.45) is 0 Å². The molecule has 0 aliphatic carbocycles. The molecule has 8 nitrogen and oxygen atoms in total. The van der Waals surface area contributed by atoms with Gasteiger partial charge in [-0.15, -0.1) is 0 Å². The average molecular weight is 383 g/mol. The fraction of sp³-hybridized carbons (Fsp3) is 0.350. The second-order valence-electron chi connectivity index (χ2n) is 6.54. The van der Waals surface area contributed by atoms with E-state index in [4.69, 9.17) is 9.94 Å². The van der Waals surface area contributed by atoms with Crippen LogP contribution in [0.3, 0.4) is 0 Å². The zero-order valence-corrected chi connectivity index (χ0v) is 15.7. The van der Waals surface area contributed by atoms with E-state index < -0.39 is 5.91 Å². The van der Waals surface area contributed by atoms with Crippen LogP contribution in [0.25, 0.3) is 6.08 Å². The van der Waals surface area contributed by atoms with Gasteiger partial charge in [0.1, 0.15) is 18.2 Å². The van der Waals surface area contributed by atoms with Gasteiger partial charge in [0, 0.05) is 12.6 Å². The SMILES string of the molecule is O=C(/C=C/c1cnc(NCCOc2ccc(CN3CCCC3)cc2)cn1)NO. The van der Waals surface area contributed by atoms with E-state index in [2.05, 4.69) is 32.3 Å². The first-order valence-corrected chi connectivity index (χ1v) is 9.35. The summed E-state index contributed by atoms with van der Waals surface area (Å²) in [5.74, 6) is 0.847. The summed E-state index contributed by atoms with van der Waals surface area (Å²) in [5, 5.41) is 11.5. The summed E-state index contributed by atoms with van der Waals surface area (Å²) >= 11 is 0. The van der Waals surface area contributed by atoms with Crippen LogP contribution in [0, 0.1) is 0 Å². The third-order valence-electron chi connectivity index (χ3n) is 4.39. The number of hydroxylamine groups is 1. The van der Waals surface area contributed by atoms with E-state index >= 15 is 0 Å². The Morgan fingerprint density at radius 1 is 1.18 bits per heavy atom. The van der Waals surface area contributed by atoms with Crippen molar-refractivity contribution >= 4 is 17.8 Å². The Balaban J connectivity index is 1.37. The molecule has 28 heavy (non-hydrogen) atoms. The van der Waals surface area contributed by atoms with Gasteiger partial charge < -0.3 is 10.1 Å². The van der Waals surface area contributed by atoms with Crippen LogP contribution < -0.4 is 15.5 Å². The second-order valence-corrected chi connectivity index (χ2v) is 6.54. The van der Waals surface area contributed by atoms with Crippen LogP contribution in [0.1, 0.15) is 24.1 Å². The zero-order valence-electron chi connectivity index (χ0n) is 15.7. The van der Waals surface area contributed by atoms with Crippen LogP contribution in [0.15, 0.2) is 42.7 Å². The average Bonchev–Trinajstić information content (AvgIpc) is 3.24. The standard InChI is InChI=1S/C20H25N5O3/c26-20(24-27)8-5-17-13-23-19(14-22-17)21-9-12-28-18-6-3-16(4-7-18)15-25-10-1-2-11-25/h3-8,13-14,27H,1-2,9-12,15H2,(H,21,23)(H,24,26)/b8-5+. The monoisotopic (exact) mass is 383 g/mol. The third kappa shape index (κ3) is 6.33. The van der Waals surface area contributed by atoms with Crippen LogP contribution in [0.4, 0.5) is 5.82 Å². The molecule has 2 heterocycles. The minimum atomic E-state index is -0.620. The molecule has 148 valence electrons. The van der Waals surface area contributed by atoms with E-state index in [1.807, 2.05) is 12.1 Å². The second kappa shape index (κ2) is 10.4. The van der Waals surface area contributed by atoms with Gasteiger partial charge in [-0.1, -0.05) is 12.1 Å². The highest BCUT2D eigenvalue weighted by atomic mass is 16.5. The molecule has 8 heteroatoms. The van der Waals surface area contributed by atoms with Gasteiger partial charge in [-0.3, -0.25) is 19.9 Å². The number of ether oxygens (including phenoxy) is 1. The van der Waals surface area contributed by atoms with Gasteiger partial charge in [-0.2, -0.15) is 0 Å². The molecule has 2 aromatic rings. The molecule has 0 bridgehead atoms. The molecule has 0 atom stereocenters. The largest absolute Gasteiger partial charge is 0.492 e. The van der Waals surface area contributed by atoms with Crippen molar-refractivity contribution in [2.75, 3.05) is 31.6 Å². The van der Waals surface area contributed by atoms with Crippen molar-refractivity contribution in [2.45, 2.75) is 19.4 Å². The van der Waals surface area contributed by atoms with Gasteiger partial charge in [-0.05, 0) is 49.7 Å². The Hall–Kier alpha value is -2.97. The van der Waals surface area contributed by atoms with E-state index in [1.165, 1.54) is 55.3 Å². The fourth-order valence-electron chi connectivity index (χ4n) is 2.95. The number of carbonyl (C=O) groups is 1. The minimum absolute atomic E-state index is 0.505. The third-order valence-corrected chi connectivity index (χ3v) is 4.39. The molecule has 1 amide bonds. The molecule has 1 aromatic carbocycles. The molecule has 0 saturated carbocycles. The number of rotatable bonds is 9. The number of hydrogen-bond donors (Lipinski definition) is 3. The summed E-state index contributed by atoms with van der Waals surface area (Å²) in [5.41, 5.74) is 3.34. The lowest BCUT2D eigenvalue weighted by Gasteiger charge is -2.15. The number of carbonyl (C=O) groups excluding carboxylic acids is 1. The van der Waals surface area contributed by atoms with Crippen molar-refractivity contribution in [3.05, 3.63) is 54.0 Å². The highest BCUT2D eigenvalue weighted by molar-refractivity contribution is 5.90. The molecule has 1 aliphatic rings. The number of likely N-dealkylation sites (tertiary alicyclic amines) is 1. The van der Waals surface area contributed by atoms with Gasteiger partial charge in [0.05, 0.1) is 24.6 Å². The lowest BCUT2D eigenvalue weighted by molar-refractivity contribution is -0.124. The molecule has 0 unspecified atom stereocenters. The first-order valence-electron chi connectivity index (χ1n) is 9.35. The number of benzene rings is 1. The molecule has 1 saturated heterocycles. The quantitative estimate of drug-likeness (QED) is 0.264. The first-order chi connectivity index (χ1) is 13.7. The summed E-state index contributed by atoms with van der Waals surface area (Å²) in [6.45, 7) is 4.50. The van der Waals surface area contributed by atoms with Crippen molar-refractivity contribution in [3.8, 4) is 5.75 Å². The van der Waals surface area contributed by atoms with Crippen LogP contribution in [-0.2, 0) is 11.3 Å². The topological polar surface area (TPSA) is 99.6 Å². The predicted octanol–water partition coefficient (Wildman–Crippen LogP) is 2.08. The Bertz CT molecular complexity index is 771. The highest BCUT2D eigenvalue weighted by Gasteiger charge is 2.11. The Morgan fingerprint density at radius 3 is 2.64 bits per heavy atom. The van der Waals surface area contributed by atoms with Crippen molar-refractivity contribution in [1.29, 1.82) is 0 Å². The smallest absolute Gasteiger partial charge is 0.267 e. The van der Waals surface area contributed by atoms with Gasteiger partial charge in [0.15, 0.2) is 0 Å². The zero-order chi connectivity index (χ0) is 19.6. The molecule has 1 aliphatic heterocycles. The van der Waals surface area contributed by atoms with Gasteiger partial charge in [0.25, 0.3) is 5.91 Å². The molecule has 3 rings (SSSR count). The molecular weight excluding hydrogens is 358 g/mol. The Morgan fingerprint density at radius 2 is 1.96 bits per heavy atom. The Labute approximate surface area is 164 Å². The molecule has 0 radical (unpaired) electrons. The number of nitrogens with zero attached hydrogens (tertiary/aromatic N) is 3. The summed E-state index contributed by atoms with van der Waals surface area (Å²) in [7, 11) is 0. The van der Waals surface area contributed by atoms with E-state index in [1.54, 1.807) is 6.20 Å². The fourth-order valence-corrected chi connectivity index (χ4v) is 2.95. The maximum absolute atomic E-state index is 10.9. The summed E-state index contributed by atoms with van der Waals surface area (Å²) in [6, 6.07) is 8.26. The first kappa shape index (κ1) is 19.8. The van der Waals surface area contributed by atoms with E-state index in [0.717, 1.165) is 12.3 Å².